The maximum atomic E-state index is 7.37. The van der Waals surface area contributed by atoms with E-state index in [2.05, 4.69) is 12.1 Å². The van der Waals surface area contributed by atoms with Crippen LogP contribution in [0.3, 0.4) is 0 Å². The molecule has 3 nitrogen and oxygen atoms in total. The summed E-state index contributed by atoms with van der Waals surface area (Å²) < 4.78 is 5.65. The van der Waals surface area contributed by atoms with Crippen LogP contribution in [0.15, 0.2) is 54.6 Å². The summed E-state index contributed by atoms with van der Waals surface area (Å²) in [6.07, 6.45) is 0.866. The van der Waals surface area contributed by atoms with Gasteiger partial charge in [-0.05, 0) is 17.7 Å². The smallest absolute Gasteiger partial charge is 0.122 e. The molecule has 3 N–H and O–H groups in total. The fraction of sp³-hybridized carbons (Fsp3) is 0.133. The number of hydrogen-bond donors (Lipinski definition) is 2. The van der Waals surface area contributed by atoms with Crippen molar-refractivity contribution in [2.75, 3.05) is 6.61 Å². The first-order chi connectivity index (χ1) is 8.75. The van der Waals surface area contributed by atoms with Gasteiger partial charge in [0.1, 0.15) is 11.6 Å². The molecule has 0 saturated heterocycles. The summed E-state index contributed by atoms with van der Waals surface area (Å²) in [5, 5.41) is 7.37. The molecule has 0 spiro atoms. The molecule has 2 rings (SSSR count). The lowest BCUT2D eigenvalue weighted by Crippen LogP contribution is -2.11. The predicted molar refractivity (Wildman–Crippen MR) is 80.3 cm³/mol. The molecule has 0 unspecified atom stereocenters. The number of rotatable bonds is 5. The quantitative estimate of drug-likeness (QED) is 0.651. The summed E-state index contributed by atoms with van der Waals surface area (Å²) in [6, 6.07) is 17.5. The van der Waals surface area contributed by atoms with Crippen LogP contribution in [-0.4, -0.2) is 12.4 Å². The lowest BCUT2D eigenvalue weighted by molar-refractivity contribution is 0.322. The van der Waals surface area contributed by atoms with Gasteiger partial charge in [0.25, 0.3) is 0 Å². The molecule has 0 amide bonds. The number of nitrogens with one attached hydrogen (secondary N) is 1. The standard InChI is InChI=1S/C15H16N2O.ClH/c16-15(17)13-7-4-8-14(11-13)18-10-9-12-5-2-1-3-6-12;/h1-8,11H,9-10H2,(H3,16,17);1H. The van der Waals surface area contributed by atoms with Crippen molar-refractivity contribution >= 4 is 18.2 Å². The SMILES string of the molecule is Cl.N=C(N)c1cccc(OCCc2ccccc2)c1. The molecule has 0 bridgehead atoms. The highest BCUT2D eigenvalue weighted by atomic mass is 35.5. The van der Waals surface area contributed by atoms with Crippen molar-refractivity contribution in [3.05, 3.63) is 65.7 Å². The Kier molecular flexibility index (Phi) is 5.90. The molecular formula is C15H17ClN2O. The van der Waals surface area contributed by atoms with Crippen molar-refractivity contribution in [2.24, 2.45) is 5.73 Å². The van der Waals surface area contributed by atoms with E-state index in [1.54, 1.807) is 12.1 Å². The van der Waals surface area contributed by atoms with Crippen molar-refractivity contribution in [3.8, 4) is 5.75 Å². The Labute approximate surface area is 119 Å². The van der Waals surface area contributed by atoms with Gasteiger partial charge in [0.15, 0.2) is 0 Å². The number of ether oxygens (including phenoxy) is 1. The second-order valence-corrected chi connectivity index (χ2v) is 4.03. The predicted octanol–water partition coefficient (Wildman–Crippen LogP) is 3.01. The van der Waals surface area contributed by atoms with Gasteiger partial charge in [-0.3, -0.25) is 5.41 Å². The Morgan fingerprint density at radius 1 is 1.05 bits per heavy atom. The molecule has 0 atom stereocenters. The molecule has 2 aromatic rings. The van der Waals surface area contributed by atoms with Crippen molar-refractivity contribution < 1.29 is 4.74 Å². The molecule has 0 aliphatic heterocycles. The topological polar surface area (TPSA) is 59.1 Å². The molecule has 0 aliphatic rings. The van der Waals surface area contributed by atoms with Gasteiger partial charge in [-0.1, -0.05) is 42.5 Å². The zero-order valence-corrected chi connectivity index (χ0v) is 11.3. The highest BCUT2D eigenvalue weighted by molar-refractivity contribution is 5.95. The molecule has 0 aliphatic carbocycles. The molecule has 19 heavy (non-hydrogen) atoms. The zero-order valence-electron chi connectivity index (χ0n) is 10.5. The second-order valence-electron chi connectivity index (χ2n) is 4.03. The summed E-state index contributed by atoms with van der Waals surface area (Å²) in [4.78, 5) is 0. The number of nitrogen functional groups attached to an aromatic ring is 1. The third-order valence-corrected chi connectivity index (χ3v) is 2.65. The maximum absolute atomic E-state index is 7.37. The summed E-state index contributed by atoms with van der Waals surface area (Å²) in [5.41, 5.74) is 7.37. The van der Waals surface area contributed by atoms with Gasteiger partial charge in [0.05, 0.1) is 6.61 Å². The fourth-order valence-corrected chi connectivity index (χ4v) is 1.68. The zero-order chi connectivity index (χ0) is 12.8. The van der Waals surface area contributed by atoms with E-state index < -0.39 is 0 Å². The lowest BCUT2D eigenvalue weighted by Gasteiger charge is -2.07. The van der Waals surface area contributed by atoms with E-state index in [1.165, 1.54) is 5.56 Å². The third-order valence-electron chi connectivity index (χ3n) is 2.65. The Hall–Kier alpha value is -2.00. The number of benzene rings is 2. The molecule has 2 aromatic carbocycles. The molecule has 100 valence electrons. The fourth-order valence-electron chi connectivity index (χ4n) is 1.68. The highest BCUT2D eigenvalue weighted by Crippen LogP contribution is 2.13. The molecule has 0 heterocycles. The van der Waals surface area contributed by atoms with E-state index in [0.717, 1.165) is 12.2 Å². The summed E-state index contributed by atoms with van der Waals surface area (Å²) in [7, 11) is 0. The van der Waals surface area contributed by atoms with Crippen molar-refractivity contribution in [1.82, 2.24) is 0 Å². The van der Waals surface area contributed by atoms with E-state index in [-0.39, 0.29) is 18.2 Å². The van der Waals surface area contributed by atoms with Crippen LogP contribution < -0.4 is 10.5 Å². The van der Waals surface area contributed by atoms with E-state index >= 15 is 0 Å². The second kappa shape index (κ2) is 7.44. The number of amidine groups is 1. The Morgan fingerprint density at radius 3 is 2.47 bits per heavy atom. The lowest BCUT2D eigenvalue weighted by atomic mass is 10.2. The van der Waals surface area contributed by atoms with Gasteiger partial charge in [-0.2, -0.15) is 0 Å². The van der Waals surface area contributed by atoms with Gasteiger partial charge >= 0.3 is 0 Å². The Bertz CT molecular complexity index is 529. The largest absolute Gasteiger partial charge is 0.493 e. The van der Waals surface area contributed by atoms with Crippen LogP contribution in [0.5, 0.6) is 5.75 Å². The Balaban J connectivity index is 0.00000180. The highest BCUT2D eigenvalue weighted by Gasteiger charge is 1.99. The minimum atomic E-state index is 0. The van der Waals surface area contributed by atoms with Crippen LogP contribution in [0, 0.1) is 5.41 Å². The number of hydrogen-bond acceptors (Lipinski definition) is 2. The van der Waals surface area contributed by atoms with Gasteiger partial charge in [-0.15, -0.1) is 12.4 Å². The summed E-state index contributed by atoms with van der Waals surface area (Å²) in [5.74, 6) is 0.808. The van der Waals surface area contributed by atoms with E-state index in [1.807, 2.05) is 30.3 Å². The molecule has 0 fully saturated rings. The van der Waals surface area contributed by atoms with Crippen molar-refractivity contribution in [1.29, 1.82) is 5.41 Å². The van der Waals surface area contributed by atoms with Gasteiger partial charge in [-0.25, -0.2) is 0 Å². The van der Waals surface area contributed by atoms with Gasteiger partial charge in [0, 0.05) is 12.0 Å². The van der Waals surface area contributed by atoms with Crippen LogP contribution in [0.25, 0.3) is 0 Å². The number of nitrogens with two attached hydrogens (primary N) is 1. The minimum absolute atomic E-state index is 0. The van der Waals surface area contributed by atoms with Crippen molar-refractivity contribution in [3.63, 3.8) is 0 Å². The van der Waals surface area contributed by atoms with Crippen LogP contribution in [-0.2, 0) is 6.42 Å². The van der Waals surface area contributed by atoms with Crippen LogP contribution in [0.4, 0.5) is 0 Å². The minimum Gasteiger partial charge on any atom is -0.493 e. The van der Waals surface area contributed by atoms with Gasteiger partial charge in [0.2, 0.25) is 0 Å². The van der Waals surface area contributed by atoms with Gasteiger partial charge < -0.3 is 10.5 Å². The van der Waals surface area contributed by atoms with Crippen LogP contribution in [0.2, 0.25) is 0 Å². The molecule has 0 saturated carbocycles. The first kappa shape index (κ1) is 15.1. The molecule has 0 aromatic heterocycles. The summed E-state index contributed by atoms with van der Waals surface area (Å²) >= 11 is 0. The molecule has 4 heteroatoms. The Morgan fingerprint density at radius 2 is 1.79 bits per heavy atom. The maximum Gasteiger partial charge on any atom is 0.122 e. The van der Waals surface area contributed by atoms with E-state index in [4.69, 9.17) is 15.9 Å². The third kappa shape index (κ3) is 4.64. The number of halogens is 1. The first-order valence-corrected chi connectivity index (χ1v) is 5.87. The average Bonchev–Trinajstić information content (AvgIpc) is 2.40. The van der Waals surface area contributed by atoms with E-state index in [0.29, 0.717) is 12.2 Å². The normalized spacial score (nSPS) is 9.47. The van der Waals surface area contributed by atoms with E-state index in [9.17, 15) is 0 Å². The van der Waals surface area contributed by atoms with Crippen LogP contribution in [0.1, 0.15) is 11.1 Å². The summed E-state index contributed by atoms with van der Waals surface area (Å²) in [6.45, 7) is 0.616. The van der Waals surface area contributed by atoms with Crippen molar-refractivity contribution in [2.45, 2.75) is 6.42 Å². The molecular weight excluding hydrogens is 260 g/mol. The molecule has 0 radical (unpaired) electrons. The monoisotopic (exact) mass is 276 g/mol. The first-order valence-electron chi connectivity index (χ1n) is 5.87. The van der Waals surface area contributed by atoms with Crippen LogP contribution >= 0.6 is 12.4 Å². The average molecular weight is 277 g/mol.